The molecule has 0 atom stereocenters. The number of imidazole rings is 1. The molecule has 34 heavy (non-hydrogen) atoms. The summed E-state index contributed by atoms with van der Waals surface area (Å²) in [6, 6.07) is 16.9. The maximum absolute atomic E-state index is 12.6. The predicted molar refractivity (Wildman–Crippen MR) is 123 cm³/mol. The van der Waals surface area contributed by atoms with Crippen LogP contribution < -0.4 is 19.5 Å². The van der Waals surface area contributed by atoms with Crippen LogP contribution in [0.3, 0.4) is 0 Å². The Kier molecular flexibility index (Phi) is 7.02. The highest BCUT2D eigenvalue weighted by Crippen LogP contribution is 2.31. The van der Waals surface area contributed by atoms with E-state index >= 15 is 0 Å². The van der Waals surface area contributed by atoms with Gasteiger partial charge in [-0.05, 0) is 36.4 Å². The molecule has 7 nitrogen and oxygen atoms in total. The van der Waals surface area contributed by atoms with Crippen molar-refractivity contribution in [3.8, 4) is 17.2 Å². The highest BCUT2D eigenvalue weighted by atomic mass is 19.3. The molecule has 1 N–H and O–H groups in total. The third kappa shape index (κ3) is 5.69. The van der Waals surface area contributed by atoms with Crippen molar-refractivity contribution in [3.63, 3.8) is 0 Å². The van der Waals surface area contributed by atoms with Gasteiger partial charge in [-0.25, -0.2) is 4.98 Å². The lowest BCUT2D eigenvalue weighted by atomic mass is 10.2. The molecule has 0 saturated heterocycles. The van der Waals surface area contributed by atoms with Crippen molar-refractivity contribution in [3.05, 3.63) is 90.4 Å². The molecule has 1 amide bonds. The minimum Gasteiger partial charge on any atom is -0.493 e. The molecular weight excluding hydrogens is 444 g/mol. The molecule has 0 aliphatic carbocycles. The summed E-state index contributed by atoms with van der Waals surface area (Å²) in [7, 11) is 1.52. The number of fused-ring (bicyclic) bond motifs is 1. The number of amides is 1. The number of hydrogen-bond donors (Lipinski definition) is 1. The average Bonchev–Trinajstić information content (AvgIpc) is 3.25. The Balaban J connectivity index is 1.44. The summed E-state index contributed by atoms with van der Waals surface area (Å²) in [5, 5.41) is 2.71. The van der Waals surface area contributed by atoms with Gasteiger partial charge < -0.3 is 23.9 Å². The van der Waals surface area contributed by atoms with Gasteiger partial charge in [0.2, 0.25) is 5.91 Å². The summed E-state index contributed by atoms with van der Waals surface area (Å²) in [5.74, 6) is 0.448. The maximum Gasteiger partial charge on any atom is 0.387 e. The van der Waals surface area contributed by atoms with Crippen LogP contribution in [-0.2, 0) is 11.4 Å². The van der Waals surface area contributed by atoms with E-state index in [-0.39, 0.29) is 12.4 Å². The van der Waals surface area contributed by atoms with Crippen LogP contribution in [0.5, 0.6) is 17.2 Å². The van der Waals surface area contributed by atoms with Crippen molar-refractivity contribution < 1.29 is 27.8 Å². The van der Waals surface area contributed by atoms with Gasteiger partial charge in [0.05, 0.1) is 12.8 Å². The van der Waals surface area contributed by atoms with E-state index in [1.807, 2.05) is 35.0 Å². The standard InChI is InChI=1S/C25H21F2N3O4/c1-32-21-11-10-18(14-22(21)33-16-19-15-30-13-5-4-8-23(30)28-19)29-24(31)12-9-17-6-2-3-7-20(17)34-25(26)27/h2-15,25H,16H2,1H3,(H,29,31). The Hall–Kier alpha value is -4.40. The molecule has 4 rings (SSSR count). The van der Waals surface area contributed by atoms with Crippen molar-refractivity contribution in [1.82, 2.24) is 9.38 Å². The largest absolute Gasteiger partial charge is 0.493 e. The van der Waals surface area contributed by atoms with Crippen LogP contribution in [0.2, 0.25) is 0 Å². The Morgan fingerprint density at radius 3 is 2.71 bits per heavy atom. The second-order valence-corrected chi connectivity index (χ2v) is 7.09. The minimum atomic E-state index is -2.96. The number of carbonyl (C=O) groups is 1. The van der Waals surface area contributed by atoms with Gasteiger partial charge in [0.25, 0.3) is 0 Å². The Morgan fingerprint density at radius 2 is 1.91 bits per heavy atom. The van der Waals surface area contributed by atoms with Crippen molar-refractivity contribution in [2.45, 2.75) is 13.2 Å². The Morgan fingerprint density at radius 1 is 1.09 bits per heavy atom. The zero-order chi connectivity index (χ0) is 23.9. The molecule has 2 heterocycles. The fourth-order valence-electron chi connectivity index (χ4n) is 3.25. The number of carbonyl (C=O) groups excluding carboxylic acids is 1. The predicted octanol–water partition coefficient (Wildman–Crippen LogP) is 5.18. The fourth-order valence-corrected chi connectivity index (χ4v) is 3.25. The minimum absolute atomic E-state index is 0.0198. The summed E-state index contributed by atoms with van der Waals surface area (Å²) in [5.41, 5.74) is 2.36. The number of ether oxygens (including phenoxy) is 3. The molecular formula is C25H21F2N3O4. The molecule has 0 fully saturated rings. The quantitative estimate of drug-likeness (QED) is 0.345. The number of methoxy groups -OCH3 is 1. The van der Waals surface area contributed by atoms with Gasteiger partial charge >= 0.3 is 6.61 Å². The highest BCUT2D eigenvalue weighted by Gasteiger charge is 2.10. The van der Waals surface area contributed by atoms with E-state index in [1.165, 1.54) is 25.3 Å². The van der Waals surface area contributed by atoms with Crippen molar-refractivity contribution in [1.29, 1.82) is 0 Å². The van der Waals surface area contributed by atoms with Crippen LogP contribution in [-0.4, -0.2) is 29.0 Å². The summed E-state index contributed by atoms with van der Waals surface area (Å²) in [6.07, 6.45) is 6.40. The van der Waals surface area contributed by atoms with Crippen molar-refractivity contribution >= 4 is 23.3 Å². The molecule has 0 spiro atoms. The summed E-state index contributed by atoms with van der Waals surface area (Å²) in [4.78, 5) is 16.9. The first-order valence-corrected chi connectivity index (χ1v) is 10.3. The second-order valence-electron chi connectivity index (χ2n) is 7.09. The number of anilines is 1. The number of rotatable bonds is 9. The molecule has 0 aliphatic heterocycles. The van der Waals surface area contributed by atoms with Gasteiger partial charge in [-0.2, -0.15) is 8.78 Å². The van der Waals surface area contributed by atoms with Gasteiger partial charge in [-0.3, -0.25) is 4.79 Å². The number of aromatic nitrogens is 2. The van der Waals surface area contributed by atoms with Crippen LogP contribution in [0.25, 0.3) is 11.7 Å². The maximum atomic E-state index is 12.6. The van der Waals surface area contributed by atoms with E-state index < -0.39 is 12.5 Å². The number of para-hydroxylation sites is 1. The summed E-state index contributed by atoms with van der Waals surface area (Å²) in [6.45, 7) is -2.75. The molecule has 0 bridgehead atoms. The van der Waals surface area contributed by atoms with E-state index in [0.717, 1.165) is 11.3 Å². The average molecular weight is 465 g/mol. The van der Waals surface area contributed by atoms with Gasteiger partial charge in [-0.15, -0.1) is 0 Å². The molecule has 0 unspecified atom stereocenters. The molecule has 174 valence electrons. The first-order valence-electron chi connectivity index (χ1n) is 10.3. The number of pyridine rings is 1. The van der Waals surface area contributed by atoms with Crippen LogP contribution >= 0.6 is 0 Å². The number of hydrogen-bond acceptors (Lipinski definition) is 5. The van der Waals surface area contributed by atoms with Gasteiger partial charge in [0.1, 0.15) is 18.0 Å². The van der Waals surface area contributed by atoms with Gasteiger partial charge in [-0.1, -0.05) is 24.3 Å². The Labute approximate surface area is 194 Å². The SMILES string of the molecule is COc1ccc(NC(=O)C=Cc2ccccc2OC(F)F)cc1OCc1cn2ccccc2n1. The molecule has 0 radical (unpaired) electrons. The van der Waals surface area contributed by atoms with E-state index in [4.69, 9.17) is 9.47 Å². The van der Waals surface area contributed by atoms with Gasteiger partial charge in [0.15, 0.2) is 11.5 Å². The van der Waals surface area contributed by atoms with Crippen molar-refractivity contribution in [2.75, 3.05) is 12.4 Å². The van der Waals surface area contributed by atoms with Crippen LogP contribution in [0.1, 0.15) is 11.3 Å². The molecule has 4 aromatic rings. The number of nitrogens with one attached hydrogen (secondary N) is 1. The van der Waals surface area contributed by atoms with Crippen LogP contribution in [0.15, 0.2) is 79.1 Å². The molecule has 0 saturated carbocycles. The first-order chi connectivity index (χ1) is 16.5. The van der Waals surface area contributed by atoms with Crippen LogP contribution in [0, 0.1) is 0 Å². The molecule has 9 heteroatoms. The zero-order valence-electron chi connectivity index (χ0n) is 18.2. The van der Waals surface area contributed by atoms with E-state index in [0.29, 0.717) is 22.7 Å². The molecule has 0 aliphatic rings. The topological polar surface area (TPSA) is 74.1 Å². The van der Waals surface area contributed by atoms with E-state index in [1.54, 1.807) is 36.4 Å². The molecule has 2 aromatic carbocycles. The third-order valence-electron chi connectivity index (χ3n) is 4.77. The van der Waals surface area contributed by atoms with Crippen molar-refractivity contribution in [2.24, 2.45) is 0 Å². The lowest BCUT2D eigenvalue weighted by Gasteiger charge is -2.12. The van der Waals surface area contributed by atoms with E-state index in [2.05, 4.69) is 15.0 Å². The summed E-state index contributed by atoms with van der Waals surface area (Å²) >= 11 is 0. The van der Waals surface area contributed by atoms with Crippen LogP contribution in [0.4, 0.5) is 14.5 Å². The summed E-state index contributed by atoms with van der Waals surface area (Å²) < 4.78 is 42.7. The zero-order valence-corrected chi connectivity index (χ0v) is 18.2. The third-order valence-corrected chi connectivity index (χ3v) is 4.77. The highest BCUT2D eigenvalue weighted by molar-refractivity contribution is 6.02. The van der Waals surface area contributed by atoms with Gasteiger partial charge in [0, 0.05) is 35.8 Å². The lowest BCUT2D eigenvalue weighted by Crippen LogP contribution is -2.08. The Bertz CT molecular complexity index is 1290. The number of alkyl halides is 2. The molecule has 2 aromatic heterocycles. The number of halogens is 2. The normalized spacial score (nSPS) is 11.2. The smallest absolute Gasteiger partial charge is 0.387 e. The fraction of sp³-hybridized carbons (Fsp3) is 0.120. The number of benzene rings is 2. The number of nitrogens with zero attached hydrogens (tertiary/aromatic N) is 2. The second kappa shape index (κ2) is 10.5. The van der Waals surface area contributed by atoms with E-state index in [9.17, 15) is 13.6 Å². The lowest BCUT2D eigenvalue weighted by molar-refractivity contribution is -0.111. The first kappa shape index (κ1) is 22.8. The monoisotopic (exact) mass is 465 g/mol.